The SMILES string of the molecule is O=[N+]([O-])c1ccc(O)c(C=Nc2ccc(-n3cnnn3)cc2)c1. The number of rotatable bonds is 4. The van der Waals surface area contributed by atoms with Crippen LogP contribution in [0, 0.1) is 10.1 Å². The molecule has 9 heteroatoms. The molecule has 0 bridgehead atoms. The van der Waals surface area contributed by atoms with Crippen molar-refractivity contribution in [3.63, 3.8) is 0 Å². The normalized spacial score (nSPS) is 11.0. The van der Waals surface area contributed by atoms with Crippen LogP contribution in [0.5, 0.6) is 5.75 Å². The van der Waals surface area contributed by atoms with Crippen molar-refractivity contribution in [3.05, 3.63) is 64.5 Å². The molecule has 1 N–H and O–H groups in total. The van der Waals surface area contributed by atoms with Crippen LogP contribution >= 0.6 is 0 Å². The van der Waals surface area contributed by atoms with Gasteiger partial charge in [0.25, 0.3) is 5.69 Å². The van der Waals surface area contributed by atoms with E-state index in [0.717, 1.165) is 5.69 Å². The molecule has 1 heterocycles. The van der Waals surface area contributed by atoms with Gasteiger partial charge in [-0.15, -0.1) is 5.10 Å². The molecule has 3 aromatic rings. The predicted octanol–water partition coefficient (Wildman–Crippen LogP) is 2.03. The van der Waals surface area contributed by atoms with Gasteiger partial charge >= 0.3 is 0 Å². The van der Waals surface area contributed by atoms with Crippen LogP contribution in [-0.2, 0) is 0 Å². The highest BCUT2D eigenvalue weighted by atomic mass is 16.6. The third-order valence-electron chi connectivity index (χ3n) is 3.04. The van der Waals surface area contributed by atoms with Crippen molar-refractivity contribution in [1.29, 1.82) is 0 Å². The summed E-state index contributed by atoms with van der Waals surface area (Å²) < 4.78 is 1.50. The fraction of sp³-hybridized carbons (Fsp3) is 0. The highest BCUT2D eigenvalue weighted by Gasteiger charge is 2.08. The standard InChI is InChI=1S/C14H10N6O3/c21-14-6-5-13(20(22)23)7-10(14)8-15-11-1-3-12(4-2-11)19-9-16-17-18-19/h1-9,21H. The maximum absolute atomic E-state index is 10.7. The number of tetrazole rings is 1. The molecule has 9 nitrogen and oxygen atoms in total. The Morgan fingerprint density at radius 3 is 2.65 bits per heavy atom. The van der Waals surface area contributed by atoms with E-state index in [1.807, 2.05) is 0 Å². The van der Waals surface area contributed by atoms with Crippen molar-refractivity contribution in [3.8, 4) is 11.4 Å². The Bertz CT molecular complexity index is 859. The molecule has 0 radical (unpaired) electrons. The number of aliphatic imine (C=N–C) groups is 1. The lowest BCUT2D eigenvalue weighted by Gasteiger charge is -2.00. The Kier molecular flexibility index (Phi) is 3.75. The van der Waals surface area contributed by atoms with E-state index in [0.29, 0.717) is 5.69 Å². The number of aromatic hydroxyl groups is 1. The molecule has 0 saturated heterocycles. The van der Waals surface area contributed by atoms with E-state index < -0.39 is 4.92 Å². The average molecular weight is 310 g/mol. The quantitative estimate of drug-likeness (QED) is 0.447. The summed E-state index contributed by atoms with van der Waals surface area (Å²) in [6.07, 6.45) is 2.84. The van der Waals surface area contributed by atoms with E-state index >= 15 is 0 Å². The third-order valence-corrected chi connectivity index (χ3v) is 3.04. The van der Waals surface area contributed by atoms with Crippen molar-refractivity contribution < 1.29 is 10.0 Å². The molecule has 2 aromatic carbocycles. The molecule has 0 unspecified atom stereocenters. The zero-order valence-electron chi connectivity index (χ0n) is 11.6. The van der Waals surface area contributed by atoms with Gasteiger partial charge in [0.2, 0.25) is 0 Å². The largest absolute Gasteiger partial charge is 0.507 e. The molecule has 0 saturated carbocycles. The predicted molar refractivity (Wildman–Crippen MR) is 81.2 cm³/mol. The Labute approximate surface area is 129 Å². The molecule has 23 heavy (non-hydrogen) atoms. The van der Waals surface area contributed by atoms with Gasteiger partial charge in [0.05, 0.1) is 16.3 Å². The number of phenols is 1. The zero-order valence-corrected chi connectivity index (χ0v) is 11.6. The van der Waals surface area contributed by atoms with Gasteiger partial charge in [-0.1, -0.05) is 0 Å². The summed E-state index contributed by atoms with van der Waals surface area (Å²) >= 11 is 0. The first-order valence-electron chi connectivity index (χ1n) is 6.48. The first-order chi connectivity index (χ1) is 11.1. The number of hydrogen-bond donors (Lipinski definition) is 1. The highest BCUT2D eigenvalue weighted by molar-refractivity contribution is 5.86. The van der Waals surface area contributed by atoms with Crippen LogP contribution in [-0.4, -0.2) is 36.5 Å². The van der Waals surface area contributed by atoms with Crippen molar-refractivity contribution in [2.24, 2.45) is 4.99 Å². The molecule has 0 amide bonds. The van der Waals surface area contributed by atoms with Crippen molar-refractivity contribution in [2.45, 2.75) is 0 Å². The lowest BCUT2D eigenvalue weighted by atomic mass is 10.2. The molecule has 0 spiro atoms. The summed E-state index contributed by atoms with van der Waals surface area (Å²) in [6.45, 7) is 0. The summed E-state index contributed by atoms with van der Waals surface area (Å²) in [5.41, 5.74) is 1.54. The summed E-state index contributed by atoms with van der Waals surface area (Å²) in [5.74, 6) is -0.0790. The van der Waals surface area contributed by atoms with Gasteiger partial charge in [0, 0.05) is 23.9 Å². The Morgan fingerprint density at radius 1 is 1.22 bits per heavy atom. The van der Waals surface area contributed by atoms with Gasteiger partial charge in [-0.3, -0.25) is 15.1 Å². The summed E-state index contributed by atoms with van der Waals surface area (Å²) in [7, 11) is 0. The first-order valence-corrected chi connectivity index (χ1v) is 6.48. The van der Waals surface area contributed by atoms with Crippen molar-refractivity contribution >= 4 is 17.6 Å². The molecule has 0 fully saturated rings. The van der Waals surface area contributed by atoms with Gasteiger partial charge in [-0.2, -0.15) is 0 Å². The molecule has 0 aliphatic heterocycles. The Hall–Kier alpha value is -3.62. The summed E-state index contributed by atoms with van der Waals surface area (Å²) in [5, 5.41) is 31.3. The maximum atomic E-state index is 10.7. The van der Waals surface area contributed by atoms with Crippen LogP contribution in [0.3, 0.4) is 0 Å². The molecule has 0 aliphatic rings. The second-order valence-electron chi connectivity index (χ2n) is 4.53. The number of nitrogens with zero attached hydrogens (tertiary/aromatic N) is 6. The lowest BCUT2D eigenvalue weighted by molar-refractivity contribution is -0.384. The van der Waals surface area contributed by atoms with Gasteiger partial charge in [0.1, 0.15) is 12.1 Å². The number of hydrogen-bond acceptors (Lipinski definition) is 7. The number of benzene rings is 2. The lowest BCUT2D eigenvalue weighted by Crippen LogP contribution is -1.93. The Morgan fingerprint density at radius 2 is 2.00 bits per heavy atom. The molecule has 0 atom stereocenters. The van der Waals surface area contributed by atoms with E-state index in [1.165, 1.54) is 35.4 Å². The topological polar surface area (TPSA) is 119 Å². The molecule has 1 aromatic heterocycles. The summed E-state index contributed by atoms with van der Waals surface area (Å²) in [4.78, 5) is 14.4. The maximum Gasteiger partial charge on any atom is 0.270 e. The van der Waals surface area contributed by atoms with Crippen LogP contribution in [0.1, 0.15) is 5.56 Å². The molecular formula is C14H10N6O3. The second kappa shape index (κ2) is 6.02. The number of nitro groups is 1. The first kappa shape index (κ1) is 14.3. The van der Waals surface area contributed by atoms with Crippen LogP contribution in [0.2, 0.25) is 0 Å². The zero-order chi connectivity index (χ0) is 16.2. The van der Waals surface area contributed by atoms with Crippen molar-refractivity contribution in [2.75, 3.05) is 0 Å². The van der Waals surface area contributed by atoms with E-state index in [1.54, 1.807) is 24.3 Å². The Balaban J connectivity index is 1.83. The van der Waals surface area contributed by atoms with Gasteiger partial charge in [0.15, 0.2) is 0 Å². The number of non-ortho nitro benzene ring substituents is 1. The van der Waals surface area contributed by atoms with Gasteiger partial charge < -0.3 is 5.11 Å². The van der Waals surface area contributed by atoms with E-state index in [-0.39, 0.29) is 17.0 Å². The van der Waals surface area contributed by atoms with Crippen molar-refractivity contribution in [1.82, 2.24) is 20.2 Å². The monoisotopic (exact) mass is 310 g/mol. The minimum absolute atomic E-state index is 0.0790. The van der Waals surface area contributed by atoms with Gasteiger partial charge in [-0.05, 0) is 40.8 Å². The average Bonchev–Trinajstić information content (AvgIpc) is 3.09. The number of aromatic nitrogens is 4. The summed E-state index contributed by atoms with van der Waals surface area (Å²) in [6, 6.07) is 10.8. The number of phenolic OH excluding ortho intramolecular Hbond substituents is 1. The van der Waals surface area contributed by atoms with E-state index in [2.05, 4.69) is 20.5 Å². The third kappa shape index (κ3) is 3.18. The minimum atomic E-state index is -0.530. The molecular weight excluding hydrogens is 300 g/mol. The second-order valence-corrected chi connectivity index (χ2v) is 4.53. The molecule has 114 valence electrons. The number of nitro benzene ring substituents is 1. The van der Waals surface area contributed by atoms with E-state index in [4.69, 9.17) is 0 Å². The van der Waals surface area contributed by atoms with Gasteiger partial charge in [-0.25, -0.2) is 4.68 Å². The fourth-order valence-electron chi connectivity index (χ4n) is 1.87. The fourth-order valence-corrected chi connectivity index (χ4v) is 1.87. The molecule has 3 rings (SSSR count). The van der Waals surface area contributed by atoms with Crippen LogP contribution < -0.4 is 0 Å². The van der Waals surface area contributed by atoms with Crippen LogP contribution in [0.25, 0.3) is 5.69 Å². The highest BCUT2D eigenvalue weighted by Crippen LogP contribution is 2.22. The van der Waals surface area contributed by atoms with Crippen LogP contribution in [0.15, 0.2) is 53.8 Å². The van der Waals surface area contributed by atoms with E-state index in [9.17, 15) is 15.2 Å². The molecule has 0 aliphatic carbocycles. The van der Waals surface area contributed by atoms with Crippen LogP contribution in [0.4, 0.5) is 11.4 Å². The minimum Gasteiger partial charge on any atom is -0.507 e. The smallest absolute Gasteiger partial charge is 0.270 e.